The molecular weight excluding hydrogens is 1080 g/mol. The molecule has 0 saturated heterocycles. The number of rotatable bonds is 29. The first-order valence-electron chi connectivity index (χ1n) is 26.4. The molecule has 0 N–H and O–H groups in total. The van der Waals surface area contributed by atoms with Crippen LogP contribution in [0, 0.1) is 0 Å². The molecule has 0 fully saturated rings. The Morgan fingerprint density at radius 1 is 0.461 bits per heavy atom. The monoisotopic (exact) mass is 1150 g/mol. The molecule has 14 heteroatoms. The van der Waals surface area contributed by atoms with Crippen molar-refractivity contribution in [1.29, 1.82) is 0 Å². The van der Waals surface area contributed by atoms with Gasteiger partial charge in [0, 0.05) is 49.9 Å². The van der Waals surface area contributed by atoms with Crippen LogP contribution in [0.5, 0.6) is 0 Å². The van der Waals surface area contributed by atoms with E-state index in [1.807, 2.05) is 109 Å². The largest absolute Gasteiger partial charge is 0.465 e. The third-order valence-electron chi connectivity index (χ3n) is 12.2. The van der Waals surface area contributed by atoms with E-state index in [-0.39, 0.29) is 11.9 Å². The molecule has 6 aromatic rings. The van der Waals surface area contributed by atoms with Gasteiger partial charge in [-0.05, 0) is 186 Å². The van der Waals surface area contributed by atoms with Crippen molar-refractivity contribution in [2.75, 3.05) is 49.2 Å². The number of azo groups is 2. The summed E-state index contributed by atoms with van der Waals surface area (Å²) in [4.78, 5) is 38.2. The average Bonchev–Trinajstić information content (AvgIpc) is 3.42. The van der Waals surface area contributed by atoms with E-state index in [0.29, 0.717) is 13.2 Å². The highest BCUT2D eigenvalue weighted by atomic mass is 79.9. The highest BCUT2D eigenvalue weighted by Gasteiger charge is 2.26. The molecule has 0 saturated carbocycles. The van der Waals surface area contributed by atoms with E-state index < -0.39 is 8.65 Å². The Morgan fingerprint density at radius 2 is 0.776 bits per heavy atom. The molecule has 12 nitrogen and oxygen atoms in total. The van der Waals surface area contributed by atoms with Gasteiger partial charge < -0.3 is 19.3 Å². The zero-order valence-electron chi connectivity index (χ0n) is 44.9. The molecule has 4 aromatic carbocycles. The molecule has 0 aliphatic heterocycles. The van der Waals surface area contributed by atoms with E-state index >= 15 is 0 Å². The fourth-order valence-corrected chi connectivity index (χ4v) is 7.91. The van der Waals surface area contributed by atoms with Crippen LogP contribution in [0.15, 0.2) is 154 Å². The number of hydrogen-bond donors (Lipinski definition) is 0. The number of carbonyl (C=O) groups is 2. The molecule has 6 rings (SSSR count). The predicted octanol–water partition coefficient (Wildman–Crippen LogP) is 17.5. The van der Waals surface area contributed by atoms with E-state index in [1.54, 1.807) is 27.7 Å². The highest BCUT2D eigenvalue weighted by Crippen LogP contribution is 2.27. The van der Waals surface area contributed by atoms with Crippen molar-refractivity contribution in [2.24, 2.45) is 20.5 Å². The molecule has 0 unspecified atom stereocenters. The molecule has 0 aliphatic rings. The minimum absolute atomic E-state index is 0.236. The number of aromatic nitrogens is 2. The van der Waals surface area contributed by atoms with Crippen LogP contribution in [-0.4, -0.2) is 69.9 Å². The van der Waals surface area contributed by atoms with Gasteiger partial charge in [0.15, 0.2) is 0 Å². The van der Waals surface area contributed by atoms with Crippen molar-refractivity contribution >= 4 is 102 Å². The van der Waals surface area contributed by atoms with Crippen LogP contribution >= 0.6 is 31.9 Å². The number of pyridine rings is 2. The molecule has 0 atom stereocenters. The lowest BCUT2D eigenvalue weighted by molar-refractivity contribution is -0.146. The van der Waals surface area contributed by atoms with Crippen molar-refractivity contribution in [3.05, 3.63) is 156 Å². The van der Waals surface area contributed by atoms with E-state index in [1.165, 1.54) is 0 Å². The number of anilines is 2. The lowest BCUT2D eigenvalue weighted by Gasteiger charge is -2.25. The third kappa shape index (κ3) is 20.1. The molecule has 0 amide bonds. The molecule has 76 heavy (non-hydrogen) atoms. The Bertz CT molecular complexity index is 2660. The summed E-state index contributed by atoms with van der Waals surface area (Å²) >= 11 is 6.72. The number of carbonyl (C=O) groups excluding carboxylic acids is 2. The Labute approximate surface area is 467 Å². The van der Waals surface area contributed by atoms with Gasteiger partial charge in [0.1, 0.15) is 8.65 Å². The maximum absolute atomic E-state index is 12.1. The number of hydrogen-bond acceptors (Lipinski definition) is 12. The number of unbranched alkanes of at least 4 members (excludes halogenated alkanes) is 4. The zero-order chi connectivity index (χ0) is 54.2. The van der Waals surface area contributed by atoms with Gasteiger partial charge in [0.25, 0.3) is 0 Å². The molecule has 2 heterocycles. The van der Waals surface area contributed by atoms with Crippen LogP contribution in [0.2, 0.25) is 0 Å². The van der Waals surface area contributed by atoms with Crippen LogP contribution < -0.4 is 9.80 Å². The quantitative estimate of drug-likeness (QED) is 0.0196. The summed E-state index contributed by atoms with van der Waals surface area (Å²) in [5.41, 5.74) is 11.1. The van der Waals surface area contributed by atoms with Crippen molar-refractivity contribution in [1.82, 2.24) is 9.97 Å². The minimum atomic E-state index is -0.664. The summed E-state index contributed by atoms with van der Waals surface area (Å²) in [5.74, 6) is -0.473. The van der Waals surface area contributed by atoms with Crippen LogP contribution in [0.4, 0.5) is 34.1 Å². The second-order valence-electron chi connectivity index (χ2n) is 19.5. The molecular formula is C62H72Br2N8O4. The van der Waals surface area contributed by atoms with Gasteiger partial charge in [-0.1, -0.05) is 107 Å². The maximum Gasteiger partial charge on any atom is 0.322 e. The van der Waals surface area contributed by atoms with Gasteiger partial charge >= 0.3 is 11.9 Å². The second kappa shape index (κ2) is 30.2. The normalized spacial score (nSPS) is 12.1. The summed E-state index contributed by atoms with van der Waals surface area (Å²) in [6, 6.07) is 40.4. The van der Waals surface area contributed by atoms with Gasteiger partial charge in [0.2, 0.25) is 0 Å². The number of alkyl halides is 2. The summed E-state index contributed by atoms with van der Waals surface area (Å²) in [5, 5.41) is 18.0. The summed E-state index contributed by atoms with van der Waals surface area (Å²) in [7, 11) is 0. The van der Waals surface area contributed by atoms with Gasteiger partial charge in [-0.3, -0.25) is 19.6 Å². The fraction of sp³-hybridized carbons (Fsp3) is 0.355. The molecule has 0 aliphatic carbocycles. The minimum Gasteiger partial charge on any atom is -0.465 e. The topological polar surface area (TPSA) is 134 Å². The number of nitrogens with zero attached hydrogens (tertiary/aromatic N) is 8. The predicted molar refractivity (Wildman–Crippen MR) is 320 cm³/mol. The Balaban J connectivity index is 0.969. The van der Waals surface area contributed by atoms with Crippen LogP contribution in [0.25, 0.3) is 35.7 Å². The highest BCUT2D eigenvalue weighted by molar-refractivity contribution is 9.10. The Morgan fingerprint density at radius 3 is 1.11 bits per heavy atom. The van der Waals surface area contributed by atoms with E-state index in [4.69, 9.17) is 9.47 Å². The number of halogens is 2. The SMILES string of the molecule is CCCCN(CCCCOC(=O)C(C)(C)Br)c1ccc(N=Nc2ccc(/C=C/c3ccnc(-c4cc(/C=C/c5ccc(N=Nc6ccc(N(CCCC)CCCCOC(=O)C(C)(C)Br)cc6)cc5)ccn4)c3)cc2)cc1. The first-order chi connectivity index (χ1) is 36.7. The molecule has 0 spiro atoms. The lowest BCUT2D eigenvalue weighted by Crippen LogP contribution is -2.28. The van der Waals surface area contributed by atoms with Gasteiger partial charge in [-0.15, -0.1) is 0 Å². The van der Waals surface area contributed by atoms with Gasteiger partial charge in [-0.2, -0.15) is 20.5 Å². The van der Waals surface area contributed by atoms with Crippen molar-refractivity contribution < 1.29 is 19.1 Å². The van der Waals surface area contributed by atoms with Crippen molar-refractivity contribution in [3.63, 3.8) is 0 Å². The van der Waals surface area contributed by atoms with E-state index in [0.717, 1.165) is 145 Å². The number of ether oxygens (including phenoxy) is 2. The zero-order valence-corrected chi connectivity index (χ0v) is 48.0. The van der Waals surface area contributed by atoms with Crippen LogP contribution in [0.3, 0.4) is 0 Å². The smallest absolute Gasteiger partial charge is 0.322 e. The van der Waals surface area contributed by atoms with E-state index in [9.17, 15) is 9.59 Å². The van der Waals surface area contributed by atoms with Crippen LogP contribution in [-0.2, 0) is 19.1 Å². The molecule has 0 radical (unpaired) electrons. The fourth-order valence-electron chi connectivity index (χ4n) is 7.68. The number of esters is 2. The molecule has 2 aromatic heterocycles. The first kappa shape index (κ1) is 58.6. The third-order valence-corrected chi connectivity index (χ3v) is 12.8. The van der Waals surface area contributed by atoms with Crippen molar-refractivity contribution in [3.8, 4) is 11.4 Å². The van der Waals surface area contributed by atoms with Crippen LogP contribution in [0.1, 0.15) is 115 Å². The number of benzene rings is 4. The summed E-state index contributed by atoms with van der Waals surface area (Å²) < 4.78 is 9.50. The first-order valence-corrected chi connectivity index (χ1v) is 28.0. The average molecular weight is 1150 g/mol. The van der Waals surface area contributed by atoms with Gasteiger partial charge in [-0.25, -0.2) is 0 Å². The van der Waals surface area contributed by atoms with Crippen molar-refractivity contribution in [2.45, 2.75) is 102 Å². The van der Waals surface area contributed by atoms with Gasteiger partial charge in [0.05, 0.1) is 47.4 Å². The maximum atomic E-state index is 12.1. The summed E-state index contributed by atoms with van der Waals surface area (Å²) in [6.45, 7) is 16.1. The molecule has 398 valence electrons. The molecule has 0 bridgehead atoms. The lowest BCUT2D eigenvalue weighted by atomic mass is 10.1. The second-order valence-corrected chi connectivity index (χ2v) is 23.5. The van der Waals surface area contributed by atoms with E-state index in [2.05, 4.69) is 135 Å². The Kier molecular flexibility index (Phi) is 23.3. The standard InChI is InChI=1S/C62H72Br2N8O4/c1-7-9-39-71(41-11-13-43-75-59(73)61(3,4)63)55-31-27-53(28-32-55)69-67-51-23-19-47(20-24-51)15-17-49-35-37-65-57(45-49)58-46-50(36-38-66-58)18-16-48-21-25-52(26-22-48)68-70-54-29-33-56(34-30-54)72(40-10-8-2)42-12-14-44-76-60(74)62(5,6)64/h15-38,45-46H,7-14,39-44H2,1-6H3/b17-15+,18-16+,69-67?,70-68?. The summed E-state index contributed by atoms with van der Waals surface area (Å²) in [6.07, 6.45) is 19.8. The Hall–Kier alpha value is -6.64.